The normalized spacial score (nSPS) is 10.2. The van der Waals surface area contributed by atoms with Crippen LogP contribution in [0.5, 0.6) is 0 Å². The van der Waals surface area contributed by atoms with Gasteiger partial charge in [0.25, 0.3) is 5.91 Å². The summed E-state index contributed by atoms with van der Waals surface area (Å²) in [6.07, 6.45) is 1.73. The number of aromatic nitrogens is 1. The van der Waals surface area contributed by atoms with E-state index >= 15 is 0 Å². The van der Waals surface area contributed by atoms with Crippen molar-refractivity contribution in [3.05, 3.63) is 24.0 Å². The lowest BCUT2D eigenvalue weighted by molar-refractivity contribution is -0.121. The second-order valence-electron chi connectivity index (χ2n) is 4.78. The summed E-state index contributed by atoms with van der Waals surface area (Å²) in [5.41, 5.74) is 3.29. The molecule has 0 aliphatic rings. The molecule has 0 aliphatic heterocycles. The molecule has 2 amide bonds. The number of pyridine rings is 1. The number of nitrogens with one attached hydrogen (secondary N) is 3. The van der Waals surface area contributed by atoms with Crippen molar-refractivity contribution in [2.24, 2.45) is 11.8 Å². The fourth-order valence-corrected chi connectivity index (χ4v) is 1.43. The Morgan fingerprint density at radius 3 is 2.75 bits per heavy atom. The van der Waals surface area contributed by atoms with E-state index in [1.165, 1.54) is 12.3 Å². The van der Waals surface area contributed by atoms with E-state index in [0.29, 0.717) is 18.2 Å². The Morgan fingerprint density at radius 1 is 1.35 bits per heavy atom. The lowest BCUT2D eigenvalue weighted by Crippen LogP contribution is -2.32. The average molecular weight is 279 g/mol. The van der Waals surface area contributed by atoms with E-state index in [2.05, 4.69) is 21.0 Å². The van der Waals surface area contributed by atoms with Gasteiger partial charge in [-0.25, -0.2) is 0 Å². The smallest absolute Gasteiger partial charge is 0.269 e. The monoisotopic (exact) mass is 279 g/mol. The first-order valence-electron chi connectivity index (χ1n) is 6.50. The standard InChI is InChI=1S/C13H21N5O2/c1-9(2)8-17-12(19)4-6-16-13(20)11-7-10(18-14)3-5-15-11/h3,5,7,9H,4,6,8,14H2,1-2H3,(H,15,18)(H,16,20)(H,17,19). The van der Waals surface area contributed by atoms with Crippen LogP contribution in [0.15, 0.2) is 18.3 Å². The first-order chi connectivity index (χ1) is 9.52. The third-order valence-electron chi connectivity index (χ3n) is 2.50. The topological polar surface area (TPSA) is 109 Å². The Labute approximate surface area is 118 Å². The summed E-state index contributed by atoms with van der Waals surface area (Å²) in [7, 11) is 0. The molecule has 110 valence electrons. The van der Waals surface area contributed by atoms with Gasteiger partial charge in [-0.1, -0.05) is 13.8 Å². The van der Waals surface area contributed by atoms with E-state index < -0.39 is 0 Å². The number of nitrogen functional groups attached to an aromatic ring is 1. The molecule has 1 aromatic heterocycles. The summed E-state index contributed by atoms with van der Waals surface area (Å²) in [6.45, 7) is 4.95. The van der Waals surface area contributed by atoms with Crippen molar-refractivity contribution >= 4 is 17.5 Å². The fraction of sp³-hybridized carbons (Fsp3) is 0.462. The number of hydrazine groups is 1. The molecule has 1 rings (SSSR count). The van der Waals surface area contributed by atoms with Gasteiger partial charge in [-0.3, -0.25) is 20.4 Å². The molecule has 0 unspecified atom stereocenters. The molecular weight excluding hydrogens is 258 g/mol. The molecule has 0 aliphatic carbocycles. The van der Waals surface area contributed by atoms with Crippen LogP contribution in [0.1, 0.15) is 30.8 Å². The maximum absolute atomic E-state index is 11.8. The van der Waals surface area contributed by atoms with Gasteiger partial charge in [0.1, 0.15) is 5.69 Å². The molecule has 0 atom stereocenters. The van der Waals surface area contributed by atoms with E-state index in [1.54, 1.807) is 6.07 Å². The quantitative estimate of drug-likeness (QED) is 0.423. The average Bonchev–Trinajstić information content (AvgIpc) is 2.45. The predicted octanol–water partition coefficient (Wildman–Crippen LogP) is 0.259. The van der Waals surface area contributed by atoms with Gasteiger partial charge >= 0.3 is 0 Å². The van der Waals surface area contributed by atoms with E-state index in [9.17, 15) is 9.59 Å². The van der Waals surface area contributed by atoms with Crippen molar-refractivity contribution < 1.29 is 9.59 Å². The first kappa shape index (κ1) is 15.9. The van der Waals surface area contributed by atoms with Crippen molar-refractivity contribution in [3.8, 4) is 0 Å². The molecule has 0 fully saturated rings. The van der Waals surface area contributed by atoms with Crippen LogP contribution in [-0.4, -0.2) is 29.9 Å². The maximum atomic E-state index is 11.8. The van der Waals surface area contributed by atoms with Crippen LogP contribution < -0.4 is 21.9 Å². The third-order valence-corrected chi connectivity index (χ3v) is 2.50. The molecule has 20 heavy (non-hydrogen) atoms. The molecular formula is C13H21N5O2. The summed E-state index contributed by atoms with van der Waals surface area (Å²) >= 11 is 0. The van der Waals surface area contributed by atoms with Crippen molar-refractivity contribution in [3.63, 3.8) is 0 Å². The predicted molar refractivity (Wildman–Crippen MR) is 76.8 cm³/mol. The number of hydrogen-bond donors (Lipinski definition) is 4. The van der Waals surface area contributed by atoms with Gasteiger partial charge in [0.15, 0.2) is 0 Å². The molecule has 0 aromatic carbocycles. The molecule has 5 N–H and O–H groups in total. The van der Waals surface area contributed by atoms with Crippen LogP contribution in [-0.2, 0) is 4.79 Å². The number of carbonyl (C=O) groups excluding carboxylic acids is 2. The second kappa shape index (κ2) is 8.11. The zero-order valence-corrected chi connectivity index (χ0v) is 11.8. The highest BCUT2D eigenvalue weighted by Gasteiger charge is 2.08. The Hall–Kier alpha value is -2.15. The fourth-order valence-electron chi connectivity index (χ4n) is 1.43. The Balaban J connectivity index is 2.34. The molecule has 7 nitrogen and oxygen atoms in total. The first-order valence-corrected chi connectivity index (χ1v) is 6.50. The zero-order chi connectivity index (χ0) is 15.0. The SMILES string of the molecule is CC(C)CNC(=O)CCNC(=O)c1cc(NN)ccn1. The Bertz CT molecular complexity index is 462. The van der Waals surface area contributed by atoms with Gasteiger partial charge in [-0.2, -0.15) is 0 Å². The molecule has 1 heterocycles. The number of anilines is 1. The minimum absolute atomic E-state index is 0.0793. The van der Waals surface area contributed by atoms with Crippen molar-refractivity contribution in [1.29, 1.82) is 0 Å². The van der Waals surface area contributed by atoms with Gasteiger partial charge in [0, 0.05) is 25.7 Å². The van der Waals surface area contributed by atoms with E-state index in [0.717, 1.165) is 0 Å². The summed E-state index contributed by atoms with van der Waals surface area (Å²) in [6, 6.07) is 3.18. The number of hydrogen-bond acceptors (Lipinski definition) is 5. The second-order valence-corrected chi connectivity index (χ2v) is 4.78. The van der Waals surface area contributed by atoms with Gasteiger partial charge in [-0.05, 0) is 18.1 Å². The highest BCUT2D eigenvalue weighted by Crippen LogP contribution is 2.05. The highest BCUT2D eigenvalue weighted by molar-refractivity contribution is 5.93. The van der Waals surface area contributed by atoms with Gasteiger partial charge < -0.3 is 16.1 Å². The summed E-state index contributed by atoms with van der Waals surface area (Å²) in [4.78, 5) is 27.2. The molecule has 7 heteroatoms. The highest BCUT2D eigenvalue weighted by atomic mass is 16.2. The molecule has 0 spiro atoms. The molecule has 0 saturated carbocycles. The van der Waals surface area contributed by atoms with Crippen molar-refractivity contribution in [2.75, 3.05) is 18.5 Å². The van der Waals surface area contributed by atoms with Crippen LogP contribution in [0, 0.1) is 5.92 Å². The summed E-state index contributed by atoms with van der Waals surface area (Å²) in [5, 5.41) is 5.42. The summed E-state index contributed by atoms with van der Waals surface area (Å²) < 4.78 is 0. The van der Waals surface area contributed by atoms with Gasteiger partial charge in [-0.15, -0.1) is 0 Å². The van der Waals surface area contributed by atoms with Crippen LogP contribution >= 0.6 is 0 Å². The number of amides is 2. The van der Waals surface area contributed by atoms with E-state index in [4.69, 9.17) is 5.84 Å². The van der Waals surface area contributed by atoms with Gasteiger partial charge in [0.2, 0.25) is 5.91 Å². The van der Waals surface area contributed by atoms with Crippen LogP contribution in [0.3, 0.4) is 0 Å². The Kier molecular flexibility index (Phi) is 6.45. The Morgan fingerprint density at radius 2 is 2.10 bits per heavy atom. The zero-order valence-electron chi connectivity index (χ0n) is 11.8. The summed E-state index contributed by atoms with van der Waals surface area (Å²) in [5.74, 6) is 5.25. The largest absolute Gasteiger partial charge is 0.356 e. The van der Waals surface area contributed by atoms with E-state index in [1.807, 2.05) is 13.8 Å². The minimum Gasteiger partial charge on any atom is -0.356 e. The molecule has 0 bridgehead atoms. The van der Waals surface area contributed by atoms with Crippen LogP contribution in [0.2, 0.25) is 0 Å². The molecule has 0 radical (unpaired) electrons. The number of nitrogens with zero attached hydrogens (tertiary/aromatic N) is 1. The number of carbonyl (C=O) groups is 2. The van der Waals surface area contributed by atoms with Crippen molar-refractivity contribution in [2.45, 2.75) is 20.3 Å². The minimum atomic E-state index is -0.334. The third kappa shape index (κ3) is 5.66. The molecule has 0 saturated heterocycles. The number of nitrogens with two attached hydrogens (primary N) is 1. The van der Waals surface area contributed by atoms with Crippen molar-refractivity contribution in [1.82, 2.24) is 15.6 Å². The number of rotatable bonds is 7. The molecule has 1 aromatic rings. The van der Waals surface area contributed by atoms with Crippen LogP contribution in [0.4, 0.5) is 5.69 Å². The lowest BCUT2D eigenvalue weighted by Gasteiger charge is -2.08. The van der Waals surface area contributed by atoms with Crippen LogP contribution in [0.25, 0.3) is 0 Å². The van der Waals surface area contributed by atoms with E-state index in [-0.39, 0.29) is 30.5 Å². The van der Waals surface area contributed by atoms with Gasteiger partial charge in [0.05, 0.1) is 5.69 Å². The lowest BCUT2D eigenvalue weighted by atomic mass is 10.2. The maximum Gasteiger partial charge on any atom is 0.269 e.